The number of fused-ring (bicyclic) bond motifs is 1. The first kappa shape index (κ1) is 18.6. The molecule has 1 aromatic carbocycles. The van der Waals surface area contributed by atoms with E-state index in [2.05, 4.69) is 15.3 Å². The molecule has 0 saturated carbocycles. The largest absolute Gasteiger partial charge is 0.444 e. The molecule has 3 heterocycles. The molecule has 4 rings (SSSR count). The highest BCUT2D eigenvalue weighted by molar-refractivity contribution is 5.98. The maximum atomic E-state index is 13.0. The molecule has 4 aromatic rings. The van der Waals surface area contributed by atoms with E-state index in [-0.39, 0.29) is 18.0 Å². The summed E-state index contributed by atoms with van der Waals surface area (Å²) in [6.07, 6.45) is 3.31. The molecule has 0 aliphatic rings. The molecule has 3 aromatic heterocycles. The van der Waals surface area contributed by atoms with Crippen molar-refractivity contribution < 1.29 is 9.21 Å². The van der Waals surface area contributed by atoms with E-state index < -0.39 is 0 Å². The fourth-order valence-corrected chi connectivity index (χ4v) is 3.19. The summed E-state index contributed by atoms with van der Waals surface area (Å²) < 4.78 is 6.99. The van der Waals surface area contributed by atoms with Gasteiger partial charge in [0, 0.05) is 13.1 Å². The van der Waals surface area contributed by atoms with Crippen LogP contribution in [-0.2, 0) is 13.1 Å². The van der Waals surface area contributed by atoms with Crippen LogP contribution in [0.2, 0.25) is 0 Å². The number of nitrogens with one attached hydrogen (secondary N) is 1. The number of benzene rings is 1. The van der Waals surface area contributed by atoms with Gasteiger partial charge in [0.05, 0.1) is 41.4 Å². The zero-order chi connectivity index (χ0) is 20.4. The molecule has 0 saturated heterocycles. The Kier molecular flexibility index (Phi) is 4.95. The van der Waals surface area contributed by atoms with Crippen molar-refractivity contribution in [2.45, 2.75) is 26.9 Å². The minimum atomic E-state index is -0.316. The molecule has 0 spiro atoms. The molecule has 7 nitrogen and oxygen atoms in total. The third-order valence-corrected chi connectivity index (χ3v) is 4.68. The van der Waals surface area contributed by atoms with Crippen molar-refractivity contribution in [2.75, 3.05) is 0 Å². The van der Waals surface area contributed by atoms with E-state index in [1.54, 1.807) is 42.9 Å². The van der Waals surface area contributed by atoms with Crippen molar-refractivity contribution in [2.24, 2.45) is 0 Å². The first-order chi connectivity index (χ1) is 14.0. The third-order valence-electron chi connectivity index (χ3n) is 4.68. The Bertz CT molecular complexity index is 1240. The zero-order valence-electron chi connectivity index (χ0n) is 16.2. The van der Waals surface area contributed by atoms with Crippen molar-refractivity contribution in [3.8, 4) is 0 Å². The molecule has 0 fully saturated rings. The van der Waals surface area contributed by atoms with Crippen LogP contribution in [0.15, 0.2) is 64.1 Å². The van der Waals surface area contributed by atoms with Crippen LogP contribution >= 0.6 is 0 Å². The summed E-state index contributed by atoms with van der Waals surface area (Å²) in [7, 11) is 0. The van der Waals surface area contributed by atoms with E-state index >= 15 is 0 Å². The van der Waals surface area contributed by atoms with Crippen LogP contribution in [-0.4, -0.2) is 20.4 Å². The average molecular weight is 388 g/mol. The predicted molar refractivity (Wildman–Crippen MR) is 109 cm³/mol. The lowest BCUT2D eigenvalue weighted by atomic mass is 10.1. The topological polar surface area (TPSA) is 90.0 Å². The van der Waals surface area contributed by atoms with Crippen LogP contribution in [0.25, 0.3) is 10.9 Å². The summed E-state index contributed by atoms with van der Waals surface area (Å²) in [5.74, 6) is 0.785. The summed E-state index contributed by atoms with van der Waals surface area (Å²) in [5.41, 5.74) is 2.33. The first-order valence-electron chi connectivity index (χ1n) is 9.25. The molecule has 0 radical (unpaired) electrons. The summed E-state index contributed by atoms with van der Waals surface area (Å²) in [5, 5.41) is 3.20. The summed E-state index contributed by atoms with van der Waals surface area (Å²) in [6.45, 7) is 4.16. The normalized spacial score (nSPS) is 11.0. The van der Waals surface area contributed by atoms with Crippen molar-refractivity contribution in [1.82, 2.24) is 19.9 Å². The Morgan fingerprint density at radius 3 is 2.69 bits per heavy atom. The second-order valence-corrected chi connectivity index (χ2v) is 6.82. The quantitative estimate of drug-likeness (QED) is 0.568. The van der Waals surface area contributed by atoms with Crippen molar-refractivity contribution in [3.63, 3.8) is 0 Å². The highest BCUT2D eigenvalue weighted by atomic mass is 16.4. The van der Waals surface area contributed by atoms with E-state index in [0.717, 1.165) is 5.56 Å². The van der Waals surface area contributed by atoms with Gasteiger partial charge in [-0.05, 0) is 24.6 Å². The van der Waals surface area contributed by atoms with Crippen molar-refractivity contribution in [3.05, 3.63) is 93.7 Å². The zero-order valence-corrected chi connectivity index (χ0v) is 16.2. The van der Waals surface area contributed by atoms with Crippen LogP contribution in [0, 0.1) is 13.8 Å². The van der Waals surface area contributed by atoms with Crippen LogP contribution < -0.4 is 10.9 Å². The van der Waals surface area contributed by atoms with E-state index in [9.17, 15) is 9.59 Å². The number of carbonyl (C=O) groups is 1. The van der Waals surface area contributed by atoms with E-state index in [0.29, 0.717) is 40.4 Å². The lowest BCUT2D eigenvalue weighted by Crippen LogP contribution is -2.25. The van der Waals surface area contributed by atoms with Crippen LogP contribution in [0.3, 0.4) is 0 Å². The van der Waals surface area contributed by atoms with E-state index in [4.69, 9.17) is 4.42 Å². The van der Waals surface area contributed by atoms with Crippen molar-refractivity contribution >= 4 is 16.8 Å². The van der Waals surface area contributed by atoms with Crippen LogP contribution in [0.5, 0.6) is 0 Å². The molecule has 0 atom stereocenters. The molecule has 0 bridgehead atoms. The highest BCUT2D eigenvalue weighted by Gasteiger charge is 2.15. The van der Waals surface area contributed by atoms with Gasteiger partial charge in [-0.2, -0.15) is 0 Å². The minimum Gasteiger partial charge on any atom is -0.444 e. The van der Waals surface area contributed by atoms with Gasteiger partial charge in [-0.15, -0.1) is 0 Å². The lowest BCUT2D eigenvalue weighted by Gasteiger charge is -2.10. The average Bonchev–Trinajstić information content (AvgIpc) is 3.14. The number of aryl methyl sites for hydroxylation is 2. The summed E-state index contributed by atoms with van der Waals surface area (Å²) in [6, 6.07) is 13.1. The highest BCUT2D eigenvalue weighted by Crippen LogP contribution is 2.14. The Balaban J connectivity index is 1.64. The fraction of sp³-hybridized carbons (Fsp3) is 0.182. The standard InChI is InChI=1S/C22H20N4O3/c1-14-18(21(27)24-12-17-11-23-15(2)29-17)10-19-20(25-14)8-9-26(22(19)28)13-16-6-4-3-5-7-16/h3-11H,12-13H2,1-2H3,(H,24,27). The number of aromatic nitrogens is 3. The molecule has 0 aliphatic carbocycles. The predicted octanol–water partition coefficient (Wildman–Crippen LogP) is 2.98. The number of nitrogens with zero attached hydrogens (tertiary/aromatic N) is 3. The Hall–Kier alpha value is -3.74. The maximum absolute atomic E-state index is 13.0. The number of oxazole rings is 1. The van der Waals surface area contributed by atoms with Gasteiger partial charge in [-0.25, -0.2) is 4.98 Å². The van der Waals surface area contributed by atoms with E-state index in [1.165, 1.54) is 0 Å². The second kappa shape index (κ2) is 7.71. The van der Waals surface area contributed by atoms with Crippen LogP contribution in [0.1, 0.15) is 33.3 Å². The number of pyridine rings is 2. The molecule has 1 amide bonds. The number of hydrogen-bond acceptors (Lipinski definition) is 5. The Labute approximate surface area is 167 Å². The third kappa shape index (κ3) is 3.94. The molecular formula is C22H20N4O3. The number of amides is 1. The second-order valence-electron chi connectivity index (χ2n) is 6.82. The van der Waals surface area contributed by atoms with Gasteiger partial charge < -0.3 is 14.3 Å². The smallest absolute Gasteiger partial charge is 0.260 e. The van der Waals surface area contributed by atoms with Gasteiger partial charge in [-0.3, -0.25) is 14.6 Å². The Morgan fingerprint density at radius 1 is 1.17 bits per heavy atom. The summed E-state index contributed by atoms with van der Waals surface area (Å²) >= 11 is 0. The maximum Gasteiger partial charge on any atom is 0.260 e. The fourth-order valence-electron chi connectivity index (χ4n) is 3.19. The molecule has 0 aliphatic heterocycles. The molecule has 7 heteroatoms. The first-order valence-corrected chi connectivity index (χ1v) is 9.25. The number of carbonyl (C=O) groups excluding carboxylic acids is 1. The minimum absolute atomic E-state index is 0.182. The monoisotopic (exact) mass is 388 g/mol. The molecule has 146 valence electrons. The number of hydrogen-bond donors (Lipinski definition) is 1. The van der Waals surface area contributed by atoms with Gasteiger partial charge in [0.25, 0.3) is 11.5 Å². The molecular weight excluding hydrogens is 368 g/mol. The van der Waals surface area contributed by atoms with Crippen molar-refractivity contribution in [1.29, 1.82) is 0 Å². The van der Waals surface area contributed by atoms with Gasteiger partial charge in [0.1, 0.15) is 5.76 Å². The molecule has 29 heavy (non-hydrogen) atoms. The lowest BCUT2D eigenvalue weighted by molar-refractivity contribution is 0.0947. The van der Waals surface area contributed by atoms with Gasteiger partial charge in [0.2, 0.25) is 0 Å². The molecule has 0 unspecified atom stereocenters. The SMILES string of the molecule is Cc1ncc(CNC(=O)c2cc3c(=O)n(Cc4ccccc4)ccc3nc2C)o1. The van der Waals surface area contributed by atoms with Crippen LogP contribution in [0.4, 0.5) is 0 Å². The Morgan fingerprint density at radius 2 is 1.97 bits per heavy atom. The van der Waals surface area contributed by atoms with E-state index in [1.807, 2.05) is 30.3 Å². The number of rotatable bonds is 5. The van der Waals surface area contributed by atoms with Gasteiger partial charge >= 0.3 is 0 Å². The molecule has 1 N–H and O–H groups in total. The summed E-state index contributed by atoms with van der Waals surface area (Å²) in [4.78, 5) is 34.1. The van der Waals surface area contributed by atoms with Gasteiger partial charge in [0.15, 0.2) is 5.89 Å². The van der Waals surface area contributed by atoms with Gasteiger partial charge in [-0.1, -0.05) is 30.3 Å².